The molecular weight excluding hydrogens is 429 g/mol. The van der Waals surface area contributed by atoms with Gasteiger partial charge in [0.1, 0.15) is 0 Å². The van der Waals surface area contributed by atoms with Gasteiger partial charge in [0, 0.05) is 12.8 Å². The number of amides is 2. The average molecular weight is 456 g/mol. The van der Waals surface area contributed by atoms with Crippen molar-refractivity contribution in [1.29, 1.82) is 0 Å². The minimum Gasteiger partial charge on any atom is -0.330 e. The van der Waals surface area contributed by atoms with E-state index >= 15 is 0 Å². The molecule has 7 heteroatoms. The molecule has 1 aliphatic rings. The number of hydrogen-bond acceptors (Lipinski definition) is 5. The predicted molar refractivity (Wildman–Crippen MR) is 87.1 cm³/mol. The van der Waals surface area contributed by atoms with E-state index in [0.29, 0.717) is 24.9 Å². The number of hydroxylamine groups is 2. The number of halogens is 1. The van der Waals surface area contributed by atoms with Gasteiger partial charge >= 0.3 is 103 Å². The third-order valence-electron chi connectivity index (χ3n) is 3.66. The number of carbonyl (C=O) groups is 3. The van der Waals surface area contributed by atoms with Crippen molar-refractivity contribution in [3.05, 3.63) is 0 Å². The van der Waals surface area contributed by atoms with Gasteiger partial charge in [-0.1, -0.05) is 0 Å². The van der Waals surface area contributed by atoms with Gasteiger partial charge in [0.05, 0.1) is 0 Å². The van der Waals surface area contributed by atoms with E-state index in [1.807, 2.05) is 0 Å². The molecule has 2 amide bonds. The summed E-state index contributed by atoms with van der Waals surface area (Å²) in [6.07, 6.45) is 9.91. The topological polar surface area (TPSA) is 63.7 Å². The number of hydrogen-bond donors (Lipinski definition) is 0. The van der Waals surface area contributed by atoms with Crippen molar-refractivity contribution >= 4 is 26.7 Å². The molecule has 0 saturated carbocycles. The molecule has 0 aliphatic carbocycles. The molecule has 0 bridgehead atoms. The average Bonchev–Trinajstić information content (AvgIpc) is 2.84. The number of unbranched alkanes of at least 4 members (excludes halogenated alkanes) is 7. The van der Waals surface area contributed by atoms with Crippen LogP contribution < -0.4 is 19.8 Å². The summed E-state index contributed by atoms with van der Waals surface area (Å²) >= 11 is 0.394. The number of nitrogens with zero attached hydrogens (tertiary/aromatic N) is 1. The Balaban J connectivity index is 1.90. The molecule has 1 saturated heterocycles. The van der Waals surface area contributed by atoms with E-state index in [-0.39, 0.29) is 19.3 Å². The van der Waals surface area contributed by atoms with Crippen LogP contribution in [-0.4, -0.2) is 33.5 Å². The Bertz CT molecular complexity index is 376. The van der Waals surface area contributed by atoms with Crippen molar-refractivity contribution < 1.29 is 39.0 Å². The summed E-state index contributed by atoms with van der Waals surface area (Å²) < 4.78 is 0. The molecule has 0 aromatic heterocycles. The van der Waals surface area contributed by atoms with E-state index in [9.17, 15) is 14.4 Å². The maximum absolute atomic E-state index is 11.6. The van der Waals surface area contributed by atoms with Crippen molar-refractivity contribution in [2.24, 2.45) is 0 Å². The van der Waals surface area contributed by atoms with Gasteiger partial charge in [0.2, 0.25) is 0 Å². The standard InChI is InChI=1S/C16H27INO4S/c1-17-23-13-9-7-5-3-2-4-6-8-10-16(21)22-18-14(19)11-12-15(18)20/h2-13H2,1H3/q-1. The van der Waals surface area contributed by atoms with Crippen LogP contribution in [0.3, 0.4) is 0 Å². The summed E-state index contributed by atoms with van der Waals surface area (Å²) in [7, 11) is 2.12. The Labute approximate surface area is 151 Å². The SMILES string of the molecule is C[I-]SCCCCCCCCCCC(=O)ON1C(=O)CCC1=O. The molecule has 0 aromatic carbocycles. The first-order valence-electron chi connectivity index (χ1n) is 8.33. The number of imide groups is 1. The van der Waals surface area contributed by atoms with Crippen LogP contribution in [0.25, 0.3) is 0 Å². The number of rotatable bonds is 13. The zero-order chi connectivity index (χ0) is 16.9. The van der Waals surface area contributed by atoms with Gasteiger partial charge in [0.15, 0.2) is 0 Å². The van der Waals surface area contributed by atoms with E-state index in [4.69, 9.17) is 4.84 Å². The summed E-state index contributed by atoms with van der Waals surface area (Å²) in [6.45, 7) is 0. The summed E-state index contributed by atoms with van der Waals surface area (Å²) in [4.78, 5) is 41.3. The summed E-state index contributed by atoms with van der Waals surface area (Å²) in [6, 6.07) is 0. The second kappa shape index (κ2) is 13.0. The molecule has 0 aromatic rings. The summed E-state index contributed by atoms with van der Waals surface area (Å²) in [5, 5.41) is 0.626. The Morgan fingerprint density at radius 1 is 1.00 bits per heavy atom. The summed E-state index contributed by atoms with van der Waals surface area (Å²) in [5.74, 6) is 0.0170. The minimum atomic E-state index is -0.482. The molecule has 23 heavy (non-hydrogen) atoms. The van der Waals surface area contributed by atoms with Crippen LogP contribution in [0.4, 0.5) is 0 Å². The van der Waals surface area contributed by atoms with Crippen LogP contribution in [0.2, 0.25) is 0 Å². The first-order valence-corrected chi connectivity index (χ1v) is 14.0. The molecule has 0 N–H and O–H groups in total. The van der Waals surface area contributed by atoms with Crippen LogP contribution in [0.1, 0.15) is 70.6 Å². The first kappa shape index (κ1) is 20.7. The molecule has 1 heterocycles. The molecule has 1 rings (SSSR count). The monoisotopic (exact) mass is 456 g/mol. The molecule has 0 unspecified atom stereocenters. The maximum atomic E-state index is 11.6. The third-order valence-corrected chi connectivity index (χ3v) is 7.51. The Morgan fingerprint density at radius 2 is 1.52 bits per heavy atom. The van der Waals surface area contributed by atoms with Gasteiger partial charge in [0.25, 0.3) is 11.8 Å². The van der Waals surface area contributed by atoms with E-state index in [0.717, 1.165) is 19.3 Å². The van der Waals surface area contributed by atoms with E-state index in [1.165, 1.54) is 37.9 Å². The van der Waals surface area contributed by atoms with Crippen molar-refractivity contribution in [2.45, 2.75) is 70.6 Å². The van der Waals surface area contributed by atoms with Gasteiger partial charge < -0.3 is 4.84 Å². The van der Waals surface area contributed by atoms with Crippen LogP contribution >= 0.6 is 8.93 Å². The fourth-order valence-electron chi connectivity index (χ4n) is 2.37. The van der Waals surface area contributed by atoms with Gasteiger partial charge in [-0.2, -0.15) is 0 Å². The zero-order valence-corrected chi connectivity index (χ0v) is 16.8. The first-order chi connectivity index (χ1) is 11.1. The van der Waals surface area contributed by atoms with Crippen LogP contribution in [-0.2, 0) is 19.2 Å². The van der Waals surface area contributed by atoms with Crippen LogP contribution in [0.5, 0.6) is 0 Å². The van der Waals surface area contributed by atoms with Gasteiger partial charge in [-0.3, -0.25) is 9.59 Å². The molecule has 0 spiro atoms. The fourth-order valence-corrected chi connectivity index (χ4v) is 5.09. The minimum absolute atomic E-state index is 0.144. The second-order valence-electron chi connectivity index (χ2n) is 5.59. The summed E-state index contributed by atoms with van der Waals surface area (Å²) in [5.41, 5.74) is 0. The number of carbonyl (C=O) groups excluding carboxylic acids is 3. The smallest absolute Gasteiger partial charge is 0.330 e. The molecule has 0 radical (unpaired) electrons. The van der Waals surface area contributed by atoms with E-state index in [2.05, 4.69) is 13.9 Å². The van der Waals surface area contributed by atoms with Crippen molar-refractivity contribution in [1.82, 2.24) is 5.06 Å². The molecule has 0 atom stereocenters. The third kappa shape index (κ3) is 9.54. The Hall–Kier alpha value is -0.310. The van der Waals surface area contributed by atoms with E-state index < -0.39 is 17.8 Å². The van der Waals surface area contributed by atoms with E-state index in [1.54, 1.807) is 0 Å². The molecule has 134 valence electrons. The molecule has 1 fully saturated rings. The quantitative estimate of drug-likeness (QED) is 0.175. The van der Waals surface area contributed by atoms with Gasteiger partial charge in [-0.05, 0) is 0 Å². The van der Waals surface area contributed by atoms with Crippen molar-refractivity contribution in [2.75, 3.05) is 10.7 Å². The number of alkyl halides is 1. The van der Waals surface area contributed by atoms with Crippen molar-refractivity contribution in [3.63, 3.8) is 0 Å². The molecule has 5 nitrogen and oxygen atoms in total. The molecule has 1 aliphatic heterocycles. The van der Waals surface area contributed by atoms with Crippen molar-refractivity contribution in [3.8, 4) is 0 Å². The van der Waals surface area contributed by atoms with Crippen LogP contribution in [0.15, 0.2) is 0 Å². The predicted octanol–water partition coefficient (Wildman–Crippen LogP) is 0.471. The van der Waals surface area contributed by atoms with Crippen LogP contribution in [0, 0.1) is 0 Å². The zero-order valence-electron chi connectivity index (χ0n) is 13.9. The fraction of sp³-hybridized carbons (Fsp3) is 0.812. The second-order valence-corrected chi connectivity index (χ2v) is 11.0. The normalized spacial score (nSPS) is 14.7. The Kier molecular flexibility index (Phi) is 11.8. The van der Waals surface area contributed by atoms with Gasteiger partial charge in [-0.25, -0.2) is 4.79 Å². The molecular formula is C16H27INO4S-. The van der Waals surface area contributed by atoms with Gasteiger partial charge in [-0.15, -0.1) is 5.06 Å². The Morgan fingerprint density at radius 3 is 2.09 bits per heavy atom.